The monoisotopic (exact) mass is 932 g/mol. The number of rotatable bonds is 24. The van der Waals surface area contributed by atoms with Crippen molar-refractivity contribution in [3.8, 4) is 0 Å². The summed E-state index contributed by atoms with van der Waals surface area (Å²) in [6.45, 7) is 9.12. The molecule has 0 amide bonds. The van der Waals surface area contributed by atoms with Gasteiger partial charge in [0.25, 0.3) is 0 Å². The summed E-state index contributed by atoms with van der Waals surface area (Å²) in [6.07, 6.45) is 31.0. The minimum Gasteiger partial charge on any atom is -0.244 e. The lowest BCUT2D eigenvalue weighted by molar-refractivity contribution is 0.622. The molecule has 0 saturated carbocycles. The molecule has 10 heteroatoms. The van der Waals surface area contributed by atoms with Gasteiger partial charge in [-0.3, -0.25) is 0 Å². The fourth-order valence-corrected chi connectivity index (χ4v) is 12.7. The molecule has 54 heavy (non-hydrogen) atoms. The number of benzene rings is 2. The molecule has 0 unspecified atom stereocenters. The maximum absolute atomic E-state index is 4.90. The number of aromatic nitrogens is 4. The largest absolute Gasteiger partial charge is 0.244 e. The summed E-state index contributed by atoms with van der Waals surface area (Å²) >= 11 is 14.4. The van der Waals surface area contributed by atoms with Crippen molar-refractivity contribution in [2.75, 3.05) is 0 Å². The van der Waals surface area contributed by atoms with Gasteiger partial charge in [0.1, 0.15) is 0 Å². The SMILES string of the molecule is CCCCCCCc1c(CCCCCCC)c2nc(Br)sc2c2sc(Br)nc12.CCCCCCCc1c(CCCCCCC)c2ncsc2c2scnc12. The summed E-state index contributed by atoms with van der Waals surface area (Å²) in [5, 5.41) is 0. The molecular formula is C44H62Br2N4S4. The lowest BCUT2D eigenvalue weighted by atomic mass is 9.94. The smallest absolute Gasteiger partial charge is 0.160 e. The Morgan fingerprint density at radius 1 is 0.389 bits per heavy atom. The quantitative estimate of drug-likeness (QED) is 0.0568. The first kappa shape index (κ1) is 44.1. The van der Waals surface area contributed by atoms with Gasteiger partial charge in [-0.25, -0.2) is 19.9 Å². The van der Waals surface area contributed by atoms with Crippen molar-refractivity contribution in [1.29, 1.82) is 0 Å². The van der Waals surface area contributed by atoms with E-state index >= 15 is 0 Å². The number of unbranched alkanes of at least 4 members (excludes halogenated alkanes) is 16. The number of hydrogen-bond acceptors (Lipinski definition) is 8. The van der Waals surface area contributed by atoms with E-state index < -0.39 is 0 Å². The molecule has 0 aliphatic carbocycles. The van der Waals surface area contributed by atoms with Gasteiger partial charge < -0.3 is 0 Å². The van der Waals surface area contributed by atoms with E-state index in [1.54, 1.807) is 45.3 Å². The molecule has 0 bridgehead atoms. The molecule has 0 atom stereocenters. The van der Waals surface area contributed by atoms with E-state index in [0.717, 1.165) is 20.7 Å². The van der Waals surface area contributed by atoms with Crippen molar-refractivity contribution >= 4 is 118 Å². The first-order valence-electron chi connectivity index (χ1n) is 21.2. The fourth-order valence-electron chi connectivity index (χ4n) is 7.82. The lowest BCUT2D eigenvalue weighted by Gasteiger charge is -2.12. The van der Waals surface area contributed by atoms with Crippen LogP contribution in [0.15, 0.2) is 18.9 Å². The molecule has 296 valence electrons. The van der Waals surface area contributed by atoms with Crippen molar-refractivity contribution in [2.24, 2.45) is 0 Å². The number of hydrogen-bond donors (Lipinski definition) is 0. The van der Waals surface area contributed by atoms with Crippen LogP contribution in [0.3, 0.4) is 0 Å². The topological polar surface area (TPSA) is 51.6 Å². The third-order valence-electron chi connectivity index (χ3n) is 10.7. The van der Waals surface area contributed by atoms with Crippen LogP contribution < -0.4 is 0 Å². The Labute approximate surface area is 358 Å². The summed E-state index contributed by atoms with van der Waals surface area (Å²) in [7, 11) is 0. The standard InChI is InChI=1S/C22H30Br2N2S2.C22H32N2S2/c1-3-5-7-9-11-13-15-16(14-12-10-8-6-4-2)18-20(28-22(24)26-18)19-17(15)25-21(23)27-19;1-3-5-7-9-11-13-17-18(14-12-10-8-6-4-2)20-22(26-16-24-20)21-19(17)23-15-25-21/h3-14H2,1-2H3;15-16H,3-14H2,1-2H3. The minimum absolute atomic E-state index is 0.987. The molecule has 0 saturated heterocycles. The van der Waals surface area contributed by atoms with Gasteiger partial charge in [0, 0.05) is 0 Å². The molecule has 0 aliphatic rings. The van der Waals surface area contributed by atoms with Crippen LogP contribution in [-0.4, -0.2) is 19.9 Å². The van der Waals surface area contributed by atoms with Gasteiger partial charge in [0.05, 0.1) is 51.9 Å². The number of fused-ring (bicyclic) bond motifs is 6. The molecule has 0 aliphatic heterocycles. The summed E-state index contributed by atoms with van der Waals surface area (Å²) in [5.74, 6) is 0. The van der Waals surface area contributed by atoms with Gasteiger partial charge in [-0.1, -0.05) is 130 Å². The van der Waals surface area contributed by atoms with Crippen molar-refractivity contribution in [1.82, 2.24) is 19.9 Å². The Balaban J connectivity index is 0.000000208. The zero-order chi connectivity index (χ0) is 38.1. The molecule has 0 fully saturated rings. The Kier molecular flexibility index (Phi) is 19.6. The van der Waals surface area contributed by atoms with E-state index in [2.05, 4.69) is 59.6 Å². The lowest BCUT2D eigenvalue weighted by Crippen LogP contribution is -1.99. The summed E-state index contributed by atoms with van der Waals surface area (Å²) in [5.41, 5.74) is 15.0. The van der Waals surface area contributed by atoms with Crippen LogP contribution in [-0.2, 0) is 25.7 Å². The van der Waals surface area contributed by atoms with E-state index in [1.165, 1.54) is 204 Å². The zero-order valence-electron chi connectivity index (χ0n) is 33.3. The predicted octanol–water partition coefficient (Wildman–Crippen LogP) is 17.4. The molecule has 0 radical (unpaired) electrons. The molecule has 0 N–H and O–H groups in total. The van der Waals surface area contributed by atoms with Crippen LogP contribution in [0.1, 0.15) is 178 Å². The highest BCUT2D eigenvalue weighted by Crippen LogP contribution is 2.43. The van der Waals surface area contributed by atoms with Crippen LogP contribution in [0.5, 0.6) is 0 Å². The summed E-state index contributed by atoms with van der Waals surface area (Å²) in [6, 6.07) is 0. The fraction of sp³-hybridized carbons (Fsp3) is 0.636. The van der Waals surface area contributed by atoms with Crippen LogP contribution in [0, 0.1) is 0 Å². The second-order valence-electron chi connectivity index (χ2n) is 14.9. The molecule has 4 aromatic heterocycles. The Bertz CT molecular complexity index is 1850. The highest BCUT2D eigenvalue weighted by Gasteiger charge is 2.21. The van der Waals surface area contributed by atoms with E-state index in [-0.39, 0.29) is 0 Å². The molecule has 6 rings (SSSR count). The first-order valence-corrected chi connectivity index (χ1v) is 26.2. The second-order valence-corrected chi connectivity index (χ2v) is 21.2. The third-order valence-corrected chi connectivity index (χ3v) is 15.7. The maximum Gasteiger partial charge on any atom is 0.160 e. The van der Waals surface area contributed by atoms with Gasteiger partial charge in [0.15, 0.2) is 7.83 Å². The average molecular weight is 935 g/mol. The summed E-state index contributed by atoms with van der Waals surface area (Å²) < 4.78 is 7.31. The van der Waals surface area contributed by atoms with Crippen molar-refractivity contribution in [2.45, 2.75) is 182 Å². The number of halogens is 2. The zero-order valence-corrected chi connectivity index (χ0v) is 39.7. The molecular weight excluding hydrogens is 873 g/mol. The molecule has 6 aromatic rings. The van der Waals surface area contributed by atoms with Crippen LogP contribution in [0.25, 0.3) is 40.9 Å². The van der Waals surface area contributed by atoms with E-state index in [1.807, 2.05) is 11.0 Å². The highest BCUT2D eigenvalue weighted by molar-refractivity contribution is 9.11. The number of aryl methyl sites for hydroxylation is 4. The van der Waals surface area contributed by atoms with Gasteiger partial charge >= 0.3 is 0 Å². The minimum atomic E-state index is 0.987. The van der Waals surface area contributed by atoms with Crippen molar-refractivity contribution < 1.29 is 0 Å². The van der Waals surface area contributed by atoms with Gasteiger partial charge in [-0.15, -0.1) is 45.3 Å². The normalized spacial score (nSPS) is 11.8. The van der Waals surface area contributed by atoms with Crippen LogP contribution in [0.4, 0.5) is 0 Å². The molecule has 4 heterocycles. The van der Waals surface area contributed by atoms with Gasteiger partial charge in [-0.2, -0.15) is 0 Å². The van der Waals surface area contributed by atoms with Crippen LogP contribution >= 0.6 is 77.2 Å². The predicted molar refractivity (Wildman–Crippen MR) is 251 cm³/mol. The average Bonchev–Trinajstić information content (AvgIpc) is 3.99. The first-order chi connectivity index (χ1) is 26.5. The number of thiazole rings is 4. The van der Waals surface area contributed by atoms with E-state index in [9.17, 15) is 0 Å². The Hall–Kier alpha value is -1.04. The summed E-state index contributed by atoms with van der Waals surface area (Å²) in [4.78, 5) is 19.4. The molecule has 4 nitrogen and oxygen atoms in total. The highest BCUT2D eigenvalue weighted by atomic mass is 79.9. The van der Waals surface area contributed by atoms with Crippen molar-refractivity contribution in [3.63, 3.8) is 0 Å². The van der Waals surface area contributed by atoms with Crippen LogP contribution in [0.2, 0.25) is 0 Å². The van der Waals surface area contributed by atoms with Gasteiger partial charge in [-0.05, 0) is 105 Å². The maximum atomic E-state index is 4.90. The molecule has 2 aromatic carbocycles. The third kappa shape index (κ3) is 12.0. The van der Waals surface area contributed by atoms with Crippen molar-refractivity contribution in [3.05, 3.63) is 41.1 Å². The van der Waals surface area contributed by atoms with E-state index in [0.29, 0.717) is 0 Å². The second kappa shape index (κ2) is 24.0. The van der Waals surface area contributed by atoms with E-state index in [4.69, 9.17) is 19.9 Å². The Morgan fingerprint density at radius 2 is 0.685 bits per heavy atom. The Morgan fingerprint density at radius 3 is 1.00 bits per heavy atom. The number of nitrogens with zero attached hydrogens (tertiary/aromatic N) is 4. The van der Waals surface area contributed by atoms with Gasteiger partial charge in [0.2, 0.25) is 0 Å². The molecule has 0 spiro atoms.